The van der Waals surface area contributed by atoms with Crippen LogP contribution in [0.3, 0.4) is 0 Å². The van der Waals surface area contributed by atoms with E-state index in [-0.39, 0.29) is 17.7 Å². The normalized spacial score (nSPS) is 14.5. The second-order valence-electron chi connectivity index (χ2n) is 8.21. The molecule has 0 unspecified atom stereocenters. The summed E-state index contributed by atoms with van der Waals surface area (Å²) in [6.45, 7) is 4.23. The van der Waals surface area contributed by atoms with Gasteiger partial charge in [-0.3, -0.25) is 9.59 Å². The van der Waals surface area contributed by atoms with Gasteiger partial charge in [0.1, 0.15) is 0 Å². The van der Waals surface area contributed by atoms with E-state index < -0.39 is 0 Å². The molecule has 160 valence electrons. The number of nitrogens with one attached hydrogen (secondary N) is 1. The van der Waals surface area contributed by atoms with Crippen LogP contribution in [0, 0.1) is 5.92 Å². The predicted octanol–water partition coefficient (Wildman–Crippen LogP) is 4.63. The van der Waals surface area contributed by atoms with Crippen LogP contribution in [0.15, 0.2) is 54.6 Å². The molecule has 4 heteroatoms. The van der Waals surface area contributed by atoms with Crippen LogP contribution in [0.5, 0.6) is 0 Å². The smallest absolute Gasteiger partial charge is 0.254 e. The number of amides is 2. The van der Waals surface area contributed by atoms with Crippen molar-refractivity contribution in [2.24, 2.45) is 5.92 Å². The molecule has 0 aliphatic carbocycles. The van der Waals surface area contributed by atoms with Crippen molar-refractivity contribution in [3.05, 3.63) is 71.3 Å². The van der Waals surface area contributed by atoms with E-state index in [4.69, 9.17) is 0 Å². The fourth-order valence-electron chi connectivity index (χ4n) is 4.12. The molecule has 0 aromatic heterocycles. The van der Waals surface area contributed by atoms with Crippen molar-refractivity contribution in [1.82, 2.24) is 10.2 Å². The Kier molecular flexibility index (Phi) is 8.49. The Bertz CT molecular complexity index is 811. The minimum Gasteiger partial charge on any atom is -0.356 e. The van der Waals surface area contributed by atoms with Gasteiger partial charge in [-0.2, -0.15) is 0 Å². The van der Waals surface area contributed by atoms with E-state index in [0.29, 0.717) is 13.1 Å². The number of piperidine rings is 1. The fourth-order valence-corrected chi connectivity index (χ4v) is 4.12. The molecule has 1 heterocycles. The monoisotopic (exact) mass is 406 g/mol. The first kappa shape index (κ1) is 22.1. The van der Waals surface area contributed by atoms with Crippen molar-refractivity contribution >= 4 is 11.8 Å². The van der Waals surface area contributed by atoms with Crippen LogP contribution in [0.2, 0.25) is 0 Å². The third-order valence-electron chi connectivity index (χ3n) is 6.01. The van der Waals surface area contributed by atoms with Crippen molar-refractivity contribution in [2.45, 2.75) is 51.9 Å². The number of carbonyl (C=O) groups is 2. The molecule has 1 saturated heterocycles. The average molecular weight is 407 g/mol. The van der Waals surface area contributed by atoms with Crippen LogP contribution >= 0.6 is 0 Å². The molecule has 30 heavy (non-hydrogen) atoms. The number of benzene rings is 2. The molecule has 4 nitrogen and oxygen atoms in total. The lowest BCUT2D eigenvalue weighted by molar-refractivity contribution is -0.126. The SMILES string of the molecule is CCCCCNC(=O)C1CCN(C(=O)c2ccccc2CCc2ccccc2)CC1. The molecule has 3 rings (SSSR count). The molecule has 0 bridgehead atoms. The minimum atomic E-state index is 0.0315. The predicted molar refractivity (Wildman–Crippen MR) is 121 cm³/mol. The Labute approximate surface area is 180 Å². The second kappa shape index (κ2) is 11.5. The molecule has 0 radical (unpaired) electrons. The Morgan fingerprint density at radius 2 is 1.63 bits per heavy atom. The summed E-state index contributed by atoms with van der Waals surface area (Å²) < 4.78 is 0. The topological polar surface area (TPSA) is 49.4 Å². The van der Waals surface area contributed by atoms with Gasteiger partial charge in [0.15, 0.2) is 0 Å². The Balaban J connectivity index is 1.53. The largest absolute Gasteiger partial charge is 0.356 e. The van der Waals surface area contributed by atoms with Crippen molar-refractivity contribution in [2.75, 3.05) is 19.6 Å². The Morgan fingerprint density at radius 1 is 0.933 bits per heavy atom. The molecular weight excluding hydrogens is 372 g/mol. The van der Waals surface area contributed by atoms with Gasteiger partial charge in [-0.15, -0.1) is 0 Å². The van der Waals surface area contributed by atoms with E-state index in [1.165, 1.54) is 5.56 Å². The zero-order valence-electron chi connectivity index (χ0n) is 18.1. The molecular formula is C26H34N2O2. The summed E-state index contributed by atoms with van der Waals surface area (Å²) in [6.07, 6.45) is 6.61. The van der Waals surface area contributed by atoms with E-state index in [2.05, 4.69) is 42.6 Å². The minimum absolute atomic E-state index is 0.0315. The van der Waals surface area contributed by atoms with Crippen molar-refractivity contribution in [3.63, 3.8) is 0 Å². The van der Waals surface area contributed by atoms with Crippen molar-refractivity contribution < 1.29 is 9.59 Å². The van der Waals surface area contributed by atoms with Crippen LogP contribution in [0.4, 0.5) is 0 Å². The molecule has 0 atom stereocenters. The molecule has 0 spiro atoms. The van der Waals surface area contributed by atoms with Gasteiger partial charge in [0.05, 0.1) is 0 Å². The van der Waals surface area contributed by atoms with E-state index in [0.717, 1.165) is 62.6 Å². The second-order valence-corrected chi connectivity index (χ2v) is 8.21. The number of unbranched alkanes of at least 4 members (excludes halogenated alkanes) is 2. The molecule has 1 N–H and O–H groups in total. The molecule has 1 fully saturated rings. The number of carbonyl (C=O) groups excluding carboxylic acids is 2. The zero-order chi connectivity index (χ0) is 21.2. The van der Waals surface area contributed by atoms with Gasteiger partial charge in [-0.1, -0.05) is 68.3 Å². The number of rotatable bonds is 9. The Morgan fingerprint density at radius 3 is 2.37 bits per heavy atom. The average Bonchev–Trinajstić information content (AvgIpc) is 2.81. The van der Waals surface area contributed by atoms with E-state index >= 15 is 0 Å². The summed E-state index contributed by atoms with van der Waals surface area (Å²) in [7, 11) is 0. The molecule has 2 amide bonds. The molecule has 2 aromatic rings. The lowest BCUT2D eigenvalue weighted by atomic mass is 9.94. The van der Waals surface area contributed by atoms with Gasteiger partial charge in [-0.05, 0) is 49.3 Å². The molecule has 2 aromatic carbocycles. The molecule has 1 aliphatic heterocycles. The summed E-state index contributed by atoms with van der Waals surface area (Å²) in [4.78, 5) is 27.5. The maximum absolute atomic E-state index is 13.2. The van der Waals surface area contributed by atoms with Crippen molar-refractivity contribution in [3.8, 4) is 0 Å². The maximum atomic E-state index is 13.2. The zero-order valence-corrected chi connectivity index (χ0v) is 18.1. The third-order valence-corrected chi connectivity index (χ3v) is 6.01. The van der Waals surface area contributed by atoms with Gasteiger partial charge in [0, 0.05) is 31.1 Å². The van der Waals surface area contributed by atoms with E-state index in [1.807, 2.05) is 29.2 Å². The van der Waals surface area contributed by atoms with Gasteiger partial charge >= 0.3 is 0 Å². The van der Waals surface area contributed by atoms with Gasteiger partial charge in [0.2, 0.25) is 5.91 Å². The highest BCUT2D eigenvalue weighted by molar-refractivity contribution is 5.96. The fraction of sp³-hybridized carbons (Fsp3) is 0.462. The summed E-state index contributed by atoms with van der Waals surface area (Å²) in [5.74, 6) is 0.283. The van der Waals surface area contributed by atoms with E-state index in [1.54, 1.807) is 0 Å². The van der Waals surface area contributed by atoms with Crippen molar-refractivity contribution in [1.29, 1.82) is 0 Å². The highest BCUT2D eigenvalue weighted by atomic mass is 16.2. The lowest BCUT2D eigenvalue weighted by Crippen LogP contribution is -2.43. The molecule has 1 aliphatic rings. The quantitative estimate of drug-likeness (QED) is 0.617. The number of likely N-dealkylation sites (tertiary alicyclic amines) is 1. The Hall–Kier alpha value is -2.62. The van der Waals surface area contributed by atoms with Gasteiger partial charge in [-0.25, -0.2) is 0 Å². The summed E-state index contributed by atoms with van der Waals surface area (Å²) in [5, 5.41) is 3.06. The first-order valence-corrected chi connectivity index (χ1v) is 11.4. The number of nitrogens with zero attached hydrogens (tertiary/aromatic N) is 1. The lowest BCUT2D eigenvalue weighted by Gasteiger charge is -2.32. The van der Waals surface area contributed by atoms with E-state index in [9.17, 15) is 9.59 Å². The first-order valence-electron chi connectivity index (χ1n) is 11.4. The highest BCUT2D eigenvalue weighted by Gasteiger charge is 2.28. The maximum Gasteiger partial charge on any atom is 0.254 e. The van der Waals surface area contributed by atoms with Crippen LogP contribution < -0.4 is 5.32 Å². The van der Waals surface area contributed by atoms with Crippen LogP contribution in [-0.2, 0) is 17.6 Å². The highest BCUT2D eigenvalue weighted by Crippen LogP contribution is 2.21. The van der Waals surface area contributed by atoms with Crippen LogP contribution in [-0.4, -0.2) is 36.3 Å². The van der Waals surface area contributed by atoms with Gasteiger partial charge < -0.3 is 10.2 Å². The summed E-state index contributed by atoms with van der Waals surface area (Å²) in [5.41, 5.74) is 3.18. The van der Waals surface area contributed by atoms with Crippen LogP contribution in [0.25, 0.3) is 0 Å². The summed E-state index contributed by atoms with van der Waals surface area (Å²) in [6, 6.07) is 18.3. The third kappa shape index (κ3) is 6.19. The standard InChI is InChI=1S/C26H34N2O2/c1-2-3-9-18-27-25(29)23-16-19-28(20-17-23)26(30)24-13-8-7-12-22(24)15-14-21-10-5-4-6-11-21/h4-8,10-13,23H,2-3,9,14-20H2,1H3,(H,27,29). The number of aryl methyl sites for hydroxylation is 2. The number of hydrogen-bond acceptors (Lipinski definition) is 2. The van der Waals surface area contributed by atoms with Gasteiger partial charge in [0.25, 0.3) is 5.91 Å². The summed E-state index contributed by atoms with van der Waals surface area (Å²) >= 11 is 0. The number of hydrogen-bond donors (Lipinski definition) is 1. The first-order chi connectivity index (χ1) is 14.7. The molecule has 0 saturated carbocycles. The van der Waals surface area contributed by atoms with Crippen LogP contribution in [0.1, 0.15) is 60.5 Å².